The van der Waals surface area contributed by atoms with E-state index in [0.29, 0.717) is 0 Å². The number of nitrogens with zero attached hydrogens (tertiary/aromatic N) is 5. The first-order chi connectivity index (χ1) is 14.0. The van der Waals surface area contributed by atoms with Gasteiger partial charge in [0.2, 0.25) is 0 Å². The van der Waals surface area contributed by atoms with Crippen LogP contribution in [0, 0.1) is 20.8 Å². The van der Waals surface area contributed by atoms with Crippen molar-refractivity contribution in [2.45, 2.75) is 20.8 Å². The summed E-state index contributed by atoms with van der Waals surface area (Å²) < 4.78 is 0. The Hall–Kier alpha value is -3.08. The van der Waals surface area contributed by atoms with E-state index in [1.165, 1.54) is 16.8 Å². The fourth-order valence-electron chi connectivity index (χ4n) is 3.91. The molecule has 0 aliphatic carbocycles. The number of aromatic nitrogens is 2. The Balaban J connectivity index is 1.51. The molecular weight excluding hydrogens is 358 g/mol. The van der Waals surface area contributed by atoms with Gasteiger partial charge in [-0.15, -0.1) is 0 Å². The van der Waals surface area contributed by atoms with Gasteiger partial charge in [0.05, 0.1) is 0 Å². The molecule has 5 heteroatoms. The molecule has 0 atom stereocenters. The van der Waals surface area contributed by atoms with Crippen LogP contribution in [-0.2, 0) is 0 Å². The van der Waals surface area contributed by atoms with Gasteiger partial charge in [-0.05, 0) is 50.1 Å². The summed E-state index contributed by atoms with van der Waals surface area (Å²) in [6.45, 7) is 10.3. The summed E-state index contributed by atoms with van der Waals surface area (Å²) in [5.74, 6) is 2.74. The fraction of sp³-hybridized carbons (Fsp3) is 0.333. The van der Waals surface area contributed by atoms with E-state index in [2.05, 4.69) is 77.0 Å². The monoisotopic (exact) mass is 387 g/mol. The van der Waals surface area contributed by atoms with Crippen LogP contribution in [0.25, 0.3) is 0 Å². The highest BCUT2D eigenvalue weighted by atomic mass is 15.3. The predicted molar refractivity (Wildman–Crippen MR) is 122 cm³/mol. The molecule has 0 bridgehead atoms. The maximum Gasteiger partial charge on any atom is 0.138 e. The third-order valence-electron chi connectivity index (χ3n) is 5.82. The molecule has 0 N–H and O–H groups in total. The number of hydrogen-bond donors (Lipinski definition) is 0. The van der Waals surface area contributed by atoms with Crippen molar-refractivity contribution < 1.29 is 0 Å². The van der Waals surface area contributed by atoms with Crippen LogP contribution in [0.2, 0.25) is 0 Å². The normalized spacial score (nSPS) is 14.2. The molecule has 2 heterocycles. The van der Waals surface area contributed by atoms with Crippen molar-refractivity contribution in [1.29, 1.82) is 0 Å². The highest BCUT2D eigenvalue weighted by Crippen LogP contribution is 2.27. The third kappa shape index (κ3) is 4.04. The second-order valence-corrected chi connectivity index (χ2v) is 7.72. The van der Waals surface area contributed by atoms with E-state index in [9.17, 15) is 0 Å². The number of anilines is 4. The van der Waals surface area contributed by atoms with E-state index in [1.54, 1.807) is 0 Å². The summed E-state index contributed by atoms with van der Waals surface area (Å²) in [6, 6.07) is 19.0. The van der Waals surface area contributed by atoms with Crippen LogP contribution >= 0.6 is 0 Å². The standard InChI is InChI=1S/C24H29N5/c1-18-9-8-12-22(19(18)2)28-13-15-29(16-14-28)24-17-23(25-20(3)26-24)27(4)21-10-6-5-7-11-21/h5-12,17H,13-16H2,1-4H3. The molecule has 150 valence electrons. The van der Waals surface area contributed by atoms with Crippen molar-refractivity contribution in [3.8, 4) is 0 Å². The Kier molecular flexibility index (Phi) is 5.38. The predicted octanol–water partition coefficient (Wildman–Crippen LogP) is 4.50. The van der Waals surface area contributed by atoms with E-state index in [-0.39, 0.29) is 0 Å². The Morgan fingerprint density at radius 2 is 1.48 bits per heavy atom. The van der Waals surface area contributed by atoms with Gasteiger partial charge in [-0.3, -0.25) is 0 Å². The second kappa shape index (κ2) is 8.11. The van der Waals surface area contributed by atoms with Crippen LogP contribution in [0.3, 0.4) is 0 Å². The highest BCUT2D eigenvalue weighted by Gasteiger charge is 2.21. The summed E-state index contributed by atoms with van der Waals surface area (Å²) >= 11 is 0. The van der Waals surface area contributed by atoms with Crippen LogP contribution in [0.4, 0.5) is 23.0 Å². The molecule has 4 rings (SSSR count). The van der Waals surface area contributed by atoms with Crippen LogP contribution < -0.4 is 14.7 Å². The Morgan fingerprint density at radius 3 is 2.21 bits per heavy atom. The molecule has 0 unspecified atom stereocenters. The summed E-state index contributed by atoms with van der Waals surface area (Å²) in [4.78, 5) is 16.4. The molecule has 1 saturated heterocycles. The Morgan fingerprint density at radius 1 is 0.793 bits per heavy atom. The van der Waals surface area contributed by atoms with E-state index in [0.717, 1.165) is 49.3 Å². The lowest BCUT2D eigenvalue weighted by atomic mass is 10.1. The molecule has 5 nitrogen and oxygen atoms in total. The maximum absolute atomic E-state index is 4.73. The van der Waals surface area contributed by atoms with Crippen molar-refractivity contribution in [2.24, 2.45) is 0 Å². The molecule has 29 heavy (non-hydrogen) atoms. The molecule has 0 radical (unpaired) electrons. The third-order valence-corrected chi connectivity index (χ3v) is 5.82. The van der Waals surface area contributed by atoms with Crippen LogP contribution in [-0.4, -0.2) is 43.2 Å². The minimum atomic E-state index is 0.803. The highest BCUT2D eigenvalue weighted by molar-refractivity contribution is 5.63. The molecule has 1 aromatic heterocycles. The van der Waals surface area contributed by atoms with Crippen molar-refractivity contribution in [3.63, 3.8) is 0 Å². The van der Waals surface area contributed by atoms with Crippen molar-refractivity contribution in [3.05, 3.63) is 71.5 Å². The van der Waals surface area contributed by atoms with Gasteiger partial charge in [0, 0.05) is 50.7 Å². The average Bonchev–Trinajstić information content (AvgIpc) is 2.75. The topological polar surface area (TPSA) is 35.5 Å². The second-order valence-electron chi connectivity index (χ2n) is 7.72. The number of piperazine rings is 1. The quantitative estimate of drug-likeness (QED) is 0.659. The van der Waals surface area contributed by atoms with Gasteiger partial charge in [0.15, 0.2) is 0 Å². The van der Waals surface area contributed by atoms with E-state index >= 15 is 0 Å². The molecule has 0 saturated carbocycles. The molecular formula is C24H29N5. The summed E-state index contributed by atoms with van der Waals surface area (Å²) in [7, 11) is 2.05. The lowest BCUT2D eigenvalue weighted by Gasteiger charge is -2.38. The number of rotatable bonds is 4. The zero-order valence-electron chi connectivity index (χ0n) is 17.8. The lowest BCUT2D eigenvalue weighted by molar-refractivity contribution is 0.644. The first-order valence-corrected chi connectivity index (χ1v) is 10.2. The van der Waals surface area contributed by atoms with E-state index < -0.39 is 0 Å². The van der Waals surface area contributed by atoms with Crippen LogP contribution in [0.1, 0.15) is 17.0 Å². The Bertz CT molecular complexity index is 978. The minimum absolute atomic E-state index is 0.803. The molecule has 1 aliphatic rings. The largest absolute Gasteiger partial charge is 0.368 e. The first kappa shape index (κ1) is 19.2. The van der Waals surface area contributed by atoms with Gasteiger partial charge in [-0.25, -0.2) is 9.97 Å². The van der Waals surface area contributed by atoms with Crippen molar-refractivity contribution in [2.75, 3.05) is 47.9 Å². The number of benzene rings is 2. The lowest BCUT2D eigenvalue weighted by Crippen LogP contribution is -2.47. The molecule has 3 aromatic rings. The Labute approximate surface area is 173 Å². The van der Waals surface area contributed by atoms with Crippen molar-refractivity contribution in [1.82, 2.24) is 9.97 Å². The summed E-state index contributed by atoms with van der Waals surface area (Å²) in [6.07, 6.45) is 0. The van der Waals surface area contributed by atoms with Crippen molar-refractivity contribution >= 4 is 23.0 Å². The number of para-hydroxylation sites is 1. The number of aryl methyl sites for hydroxylation is 2. The minimum Gasteiger partial charge on any atom is -0.368 e. The molecule has 1 aliphatic heterocycles. The van der Waals surface area contributed by atoms with Gasteiger partial charge in [-0.1, -0.05) is 30.3 Å². The summed E-state index contributed by atoms with van der Waals surface area (Å²) in [5, 5.41) is 0. The molecule has 2 aromatic carbocycles. The van der Waals surface area contributed by atoms with Gasteiger partial charge >= 0.3 is 0 Å². The smallest absolute Gasteiger partial charge is 0.138 e. The van der Waals surface area contributed by atoms with Crippen LogP contribution in [0.15, 0.2) is 54.6 Å². The molecule has 1 fully saturated rings. The maximum atomic E-state index is 4.73. The molecule has 0 spiro atoms. The van der Waals surface area contributed by atoms with Gasteiger partial charge < -0.3 is 14.7 Å². The zero-order chi connectivity index (χ0) is 20.4. The van der Waals surface area contributed by atoms with Gasteiger partial charge in [0.1, 0.15) is 17.5 Å². The zero-order valence-corrected chi connectivity index (χ0v) is 17.8. The first-order valence-electron chi connectivity index (χ1n) is 10.2. The van der Waals surface area contributed by atoms with E-state index in [4.69, 9.17) is 4.98 Å². The van der Waals surface area contributed by atoms with Gasteiger partial charge in [0.25, 0.3) is 0 Å². The SMILES string of the molecule is Cc1nc(N2CCN(c3cccc(C)c3C)CC2)cc(N(C)c2ccccc2)n1. The van der Waals surface area contributed by atoms with E-state index in [1.807, 2.05) is 25.1 Å². The number of hydrogen-bond acceptors (Lipinski definition) is 5. The van der Waals surface area contributed by atoms with Gasteiger partial charge in [-0.2, -0.15) is 0 Å². The average molecular weight is 388 g/mol. The summed E-state index contributed by atoms with van der Waals surface area (Å²) in [5.41, 5.74) is 5.21. The molecule has 0 amide bonds. The fourth-order valence-corrected chi connectivity index (χ4v) is 3.91. The van der Waals surface area contributed by atoms with Crippen LogP contribution in [0.5, 0.6) is 0 Å².